The van der Waals surface area contributed by atoms with Gasteiger partial charge in [0.2, 0.25) is 10.0 Å². The fourth-order valence-electron chi connectivity index (χ4n) is 2.36. The Hall–Kier alpha value is -0.910. The Labute approximate surface area is 115 Å². The van der Waals surface area contributed by atoms with Crippen LogP contribution in [-0.2, 0) is 10.0 Å². The molecule has 1 aromatic carbocycles. The van der Waals surface area contributed by atoms with Gasteiger partial charge in [-0.2, -0.15) is 0 Å². The number of hydrogen-bond donors (Lipinski definition) is 2. The van der Waals surface area contributed by atoms with Gasteiger partial charge in [-0.05, 0) is 30.5 Å². The van der Waals surface area contributed by atoms with Crippen molar-refractivity contribution in [2.24, 2.45) is 5.92 Å². The van der Waals surface area contributed by atoms with E-state index in [4.69, 9.17) is 0 Å². The highest BCUT2D eigenvalue weighted by Gasteiger charge is 2.21. The molecular weight excluding hydrogens is 262 g/mol. The topological polar surface area (TPSA) is 66.4 Å². The fourth-order valence-corrected chi connectivity index (χ4v) is 3.40. The highest BCUT2D eigenvalue weighted by atomic mass is 32.2. The number of benzene rings is 1. The van der Waals surface area contributed by atoms with Crippen LogP contribution in [0.5, 0.6) is 0 Å². The lowest BCUT2D eigenvalue weighted by atomic mass is 9.85. The Morgan fingerprint density at radius 2 is 1.68 bits per heavy atom. The van der Waals surface area contributed by atoms with Crippen molar-refractivity contribution < 1.29 is 13.5 Å². The van der Waals surface area contributed by atoms with Crippen LogP contribution in [-0.4, -0.2) is 26.2 Å². The standard InChI is InChI=1S/C14H23NO3S/c1-5-15-19(17,18)13-8-6-12(7-9-13)14(10(2)3)11(4)16/h6-11,14-16H,5H2,1-4H3. The van der Waals surface area contributed by atoms with Crippen LogP contribution in [0.15, 0.2) is 29.2 Å². The van der Waals surface area contributed by atoms with Crippen molar-refractivity contribution in [2.75, 3.05) is 6.54 Å². The van der Waals surface area contributed by atoms with Gasteiger partial charge in [0.05, 0.1) is 11.0 Å². The van der Waals surface area contributed by atoms with Crippen molar-refractivity contribution in [1.82, 2.24) is 4.72 Å². The summed E-state index contributed by atoms with van der Waals surface area (Å²) in [6, 6.07) is 6.74. The number of nitrogens with one attached hydrogen (secondary N) is 1. The van der Waals surface area contributed by atoms with Crippen LogP contribution < -0.4 is 4.72 Å². The number of hydrogen-bond acceptors (Lipinski definition) is 3. The second-order valence-corrected chi connectivity index (χ2v) is 6.85. The predicted octanol–water partition coefficient (Wildman–Crippen LogP) is 2.11. The molecule has 0 saturated carbocycles. The maximum atomic E-state index is 11.8. The van der Waals surface area contributed by atoms with E-state index in [1.54, 1.807) is 38.1 Å². The molecule has 4 nitrogen and oxygen atoms in total. The summed E-state index contributed by atoms with van der Waals surface area (Å²) in [7, 11) is -3.41. The van der Waals surface area contributed by atoms with E-state index < -0.39 is 16.1 Å². The smallest absolute Gasteiger partial charge is 0.240 e. The molecular formula is C14H23NO3S. The zero-order valence-electron chi connectivity index (χ0n) is 11.9. The third-order valence-corrected chi connectivity index (χ3v) is 4.71. The van der Waals surface area contributed by atoms with Gasteiger partial charge >= 0.3 is 0 Å². The molecule has 1 rings (SSSR count). The average molecular weight is 285 g/mol. The van der Waals surface area contributed by atoms with Gasteiger partial charge in [-0.3, -0.25) is 0 Å². The van der Waals surface area contributed by atoms with E-state index in [0.717, 1.165) is 5.56 Å². The fraction of sp³-hybridized carbons (Fsp3) is 0.571. The van der Waals surface area contributed by atoms with Crippen LogP contribution in [0.25, 0.3) is 0 Å². The molecule has 0 aliphatic carbocycles. The summed E-state index contributed by atoms with van der Waals surface area (Å²) in [6.07, 6.45) is -0.462. The number of aliphatic hydroxyl groups excluding tert-OH is 1. The van der Waals surface area contributed by atoms with E-state index in [2.05, 4.69) is 4.72 Å². The second-order valence-electron chi connectivity index (χ2n) is 5.08. The van der Waals surface area contributed by atoms with Gasteiger partial charge in [0.1, 0.15) is 0 Å². The van der Waals surface area contributed by atoms with Crippen LogP contribution in [0.1, 0.15) is 39.2 Å². The SMILES string of the molecule is CCNS(=O)(=O)c1ccc(C(C(C)C)C(C)O)cc1. The number of sulfonamides is 1. The Kier molecular flexibility index (Phi) is 5.52. The average Bonchev–Trinajstić information content (AvgIpc) is 2.28. The lowest BCUT2D eigenvalue weighted by Crippen LogP contribution is -2.23. The third kappa shape index (κ3) is 4.03. The summed E-state index contributed by atoms with van der Waals surface area (Å²) in [4.78, 5) is 0.256. The molecule has 0 aromatic heterocycles. The summed E-state index contributed by atoms with van der Waals surface area (Å²) in [5, 5.41) is 9.82. The van der Waals surface area contributed by atoms with Gasteiger partial charge in [0.25, 0.3) is 0 Å². The molecule has 2 N–H and O–H groups in total. The zero-order valence-corrected chi connectivity index (χ0v) is 12.7. The molecule has 0 aliphatic heterocycles. The van der Waals surface area contributed by atoms with E-state index in [0.29, 0.717) is 6.54 Å². The largest absolute Gasteiger partial charge is 0.393 e. The maximum absolute atomic E-state index is 11.8. The first kappa shape index (κ1) is 16.1. The van der Waals surface area contributed by atoms with E-state index >= 15 is 0 Å². The van der Waals surface area contributed by atoms with Crippen LogP contribution in [0.4, 0.5) is 0 Å². The molecule has 0 bridgehead atoms. The minimum absolute atomic E-state index is 0.0101. The summed E-state index contributed by atoms with van der Waals surface area (Å²) in [6.45, 7) is 7.95. The summed E-state index contributed by atoms with van der Waals surface area (Å²) >= 11 is 0. The first-order valence-electron chi connectivity index (χ1n) is 6.57. The minimum atomic E-state index is -3.41. The number of rotatable bonds is 6. The zero-order chi connectivity index (χ0) is 14.6. The molecule has 5 heteroatoms. The van der Waals surface area contributed by atoms with E-state index in [9.17, 15) is 13.5 Å². The molecule has 0 saturated heterocycles. The van der Waals surface area contributed by atoms with Gasteiger partial charge in [-0.1, -0.05) is 32.9 Å². The van der Waals surface area contributed by atoms with Crippen molar-refractivity contribution in [3.8, 4) is 0 Å². The normalized spacial score (nSPS) is 15.5. The van der Waals surface area contributed by atoms with Crippen LogP contribution in [0, 0.1) is 5.92 Å². The van der Waals surface area contributed by atoms with Crippen molar-refractivity contribution in [2.45, 2.75) is 44.6 Å². The highest BCUT2D eigenvalue weighted by Crippen LogP contribution is 2.28. The quantitative estimate of drug-likeness (QED) is 0.841. The molecule has 0 aliphatic rings. The molecule has 0 amide bonds. The Morgan fingerprint density at radius 3 is 2.05 bits per heavy atom. The van der Waals surface area contributed by atoms with Crippen LogP contribution in [0.2, 0.25) is 0 Å². The Morgan fingerprint density at radius 1 is 1.16 bits per heavy atom. The van der Waals surface area contributed by atoms with Crippen LogP contribution >= 0.6 is 0 Å². The Balaban J connectivity index is 3.05. The van der Waals surface area contributed by atoms with Crippen molar-refractivity contribution in [3.05, 3.63) is 29.8 Å². The van der Waals surface area contributed by atoms with E-state index in [1.807, 2.05) is 13.8 Å². The molecule has 2 atom stereocenters. The molecule has 19 heavy (non-hydrogen) atoms. The van der Waals surface area contributed by atoms with Crippen molar-refractivity contribution in [3.63, 3.8) is 0 Å². The molecule has 2 unspecified atom stereocenters. The first-order valence-corrected chi connectivity index (χ1v) is 8.05. The maximum Gasteiger partial charge on any atom is 0.240 e. The lowest BCUT2D eigenvalue weighted by molar-refractivity contribution is 0.140. The van der Waals surface area contributed by atoms with Gasteiger partial charge in [-0.15, -0.1) is 0 Å². The molecule has 0 radical (unpaired) electrons. The first-order chi connectivity index (χ1) is 8.79. The third-order valence-electron chi connectivity index (χ3n) is 3.15. The lowest BCUT2D eigenvalue weighted by Gasteiger charge is -2.24. The van der Waals surface area contributed by atoms with Gasteiger partial charge < -0.3 is 5.11 Å². The molecule has 1 aromatic rings. The van der Waals surface area contributed by atoms with E-state index in [1.165, 1.54) is 0 Å². The molecule has 108 valence electrons. The van der Waals surface area contributed by atoms with Gasteiger partial charge in [0, 0.05) is 12.5 Å². The van der Waals surface area contributed by atoms with Crippen molar-refractivity contribution >= 4 is 10.0 Å². The number of aliphatic hydroxyl groups is 1. The van der Waals surface area contributed by atoms with Gasteiger partial charge in [-0.25, -0.2) is 13.1 Å². The highest BCUT2D eigenvalue weighted by molar-refractivity contribution is 7.89. The monoisotopic (exact) mass is 285 g/mol. The minimum Gasteiger partial charge on any atom is -0.393 e. The second kappa shape index (κ2) is 6.50. The molecule has 0 fully saturated rings. The summed E-state index contributed by atoms with van der Waals surface area (Å²) < 4.78 is 26.1. The summed E-state index contributed by atoms with van der Waals surface area (Å²) in [5.41, 5.74) is 0.959. The Bertz CT molecular complexity index is 484. The van der Waals surface area contributed by atoms with Crippen LogP contribution in [0.3, 0.4) is 0 Å². The predicted molar refractivity (Wildman–Crippen MR) is 76.6 cm³/mol. The summed E-state index contributed by atoms with van der Waals surface area (Å²) in [5.74, 6) is 0.298. The van der Waals surface area contributed by atoms with Gasteiger partial charge in [0.15, 0.2) is 0 Å². The molecule has 0 heterocycles. The van der Waals surface area contributed by atoms with E-state index in [-0.39, 0.29) is 16.7 Å². The molecule has 0 spiro atoms. The van der Waals surface area contributed by atoms with Crippen molar-refractivity contribution in [1.29, 1.82) is 0 Å².